The Morgan fingerprint density at radius 3 is 2.19 bits per heavy atom. The van der Waals surface area contributed by atoms with Gasteiger partial charge in [0.05, 0.1) is 5.39 Å². The molecule has 1 fully saturated rings. The van der Waals surface area contributed by atoms with Crippen molar-refractivity contribution in [2.45, 2.75) is 64.7 Å². The zero-order valence-corrected chi connectivity index (χ0v) is 29.8. The lowest BCUT2D eigenvalue weighted by atomic mass is 10.2. The van der Waals surface area contributed by atoms with Gasteiger partial charge in [0.2, 0.25) is 5.95 Å². The monoisotopic (exact) mass is 648 g/mol. The minimum absolute atomic E-state index is 0.345. The number of piperazine rings is 1. The molecule has 10 heteroatoms. The van der Waals surface area contributed by atoms with Crippen LogP contribution in [0.5, 0.6) is 0 Å². The molecular weight excluding hydrogens is 601 g/mol. The smallest absolute Gasteiger partial charge is 0.320 e. The number of likely N-dealkylation sites (N-methyl/N-ethyl adjacent to an activating group) is 1. The van der Waals surface area contributed by atoms with Crippen LogP contribution in [-0.4, -0.2) is 67.2 Å². The number of urea groups is 1. The molecule has 3 N–H and O–H groups in total. The molecule has 246 valence electrons. The Balaban J connectivity index is 1.44. The summed E-state index contributed by atoms with van der Waals surface area (Å²) in [6, 6.07) is 19.7. The predicted molar refractivity (Wildman–Crippen MR) is 197 cm³/mol. The maximum absolute atomic E-state index is 12.9. The van der Waals surface area contributed by atoms with Crippen molar-refractivity contribution >= 4 is 48.3 Å². The molecule has 47 heavy (non-hydrogen) atoms. The number of carbonyl (C=O) groups excluding carboxylic acids is 1. The summed E-state index contributed by atoms with van der Waals surface area (Å²) in [4.78, 5) is 31.9. The van der Waals surface area contributed by atoms with E-state index in [1.807, 2.05) is 36.4 Å². The van der Waals surface area contributed by atoms with Gasteiger partial charge in [-0.1, -0.05) is 77.8 Å². The number of fused-ring (bicyclic) bond motifs is 1. The molecule has 0 spiro atoms. The minimum atomic E-state index is -2.02. The van der Waals surface area contributed by atoms with Crippen LogP contribution in [0.3, 0.4) is 0 Å². The molecule has 2 aromatic carbocycles. The second kappa shape index (κ2) is 15.0. The SMILES string of the molecule is CC(C)[Si](C#Cc1cc(NC(=O)NCc2ccccc2)nc2nc(Nc3ccc(N4CCN(C)CC4)cc3)ncc12)(C(C)C)C(C)C. The fourth-order valence-electron chi connectivity index (χ4n) is 6.73. The topological polar surface area (TPSA) is 98.3 Å². The number of rotatable bonds is 9. The molecule has 1 aliphatic rings. The second-order valence-electron chi connectivity index (χ2n) is 13.4. The Labute approximate surface area is 280 Å². The molecule has 0 atom stereocenters. The quantitative estimate of drug-likeness (QED) is 0.128. The predicted octanol–water partition coefficient (Wildman–Crippen LogP) is 7.41. The van der Waals surface area contributed by atoms with Crippen LogP contribution in [0.15, 0.2) is 66.9 Å². The molecule has 5 rings (SSSR count). The van der Waals surface area contributed by atoms with Crippen molar-refractivity contribution in [1.29, 1.82) is 0 Å². The molecule has 0 saturated carbocycles. The highest BCUT2D eigenvalue weighted by molar-refractivity contribution is 6.90. The van der Waals surface area contributed by atoms with Gasteiger partial charge in [-0.15, -0.1) is 5.54 Å². The van der Waals surface area contributed by atoms with Crippen molar-refractivity contribution in [2.75, 3.05) is 48.8 Å². The Kier molecular flexibility index (Phi) is 10.8. The van der Waals surface area contributed by atoms with E-state index in [0.29, 0.717) is 40.6 Å². The maximum atomic E-state index is 12.9. The molecular formula is C37H48N8OSi. The van der Waals surface area contributed by atoms with Crippen LogP contribution in [0.25, 0.3) is 11.0 Å². The first kappa shape index (κ1) is 33.9. The van der Waals surface area contributed by atoms with Crippen LogP contribution in [0.2, 0.25) is 16.6 Å². The molecule has 2 aromatic heterocycles. The van der Waals surface area contributed by atoms with Crippen LogP contribution in [-0.2, 0) is 6.54 Å². The largest absolute Gasteiger partial charge is 0.369 e. The van der Waals surface area contributed by atoms with Crippen LogP contribution in [0.4, 0.5) is 27.9 Å². The number of pyridine rings is 1. The zero-order valence-electron chi connectivity index (χ0n) is 28.8. The van der Waals surface area contributed by atoms with Gasteiger partial charge < -0.3 is 20.4 Å². The lowest BCUT2D eigenvalue weighted by Crippen LogP contribution is -2.44. The summed E-state index contributed by atoms with van der Waals surface area (Å²) in [5, 5.41) is 9.92. The van der Waals surface area contributed by atoms with Gasteiger partial charge in [-0.3, -0.25) is 5.32 Å². The van der Waals surface area contributed by atoms with E-state index in [2.05, 4.69) is 115 Å². The number of nitrogens with zero attached hydrogens (tertiary/aromatic N) is 5. The average molecular weight is 649 g/mol. The Hall–Kier alpha value is -4.46. The van der Waals surface area contributed by atoms with Crippen molar-refractivity contribution in [3.05, 3.63) is 78.0 Å². The number of carbonyl (C=O) groups is 1. The summed E-state index contributed by atoms with van der Waals surface area (Å²) >= 11 is 0. The fourth-order valence-corrected chi connectivity index (χ4v) is 12.0. The van der Waals surface area contributed by atoms with Crippen LogP contribution < -0.4 is 20.9 Å². The van der Waals surface area contributed by atoms with E-state index in [4.69, 9.17) is 9.97 Å². The van der Waals surface area contributed by atoms with Crippen molar-refractivity contribution < 1.29 is 4.79 Å². The van der Waals surface area contributed by atoms with Crippen molar-refractivity contribution in [3.8, 4) is 11.5 Å². The van der Waals surface area contributed by atoms with Gasteiger partial charge in [0.1, 0.15) is 13.9 Å². The van der Waals surface area contributed by atoms with Gasteiger partial charge in [0, 0.05) is 55.9 Å². The highest BCUT2D eigenvalue weighted by Gasteiger charge is 2.41. The highest BCUT2D eigenvalue weighted by atomic mass is 28.3. The number of amides is 2. The summed E-state index contributed by atoms with van der Waals surface area (Å²) in [5.41, 5.74) is 9.60. The molecule has 2 amide bonds. The molecule has 3 heterocycles. The summed E-state index contributed by atoms with van der Waals surface area (Å²) in [6.07, 6.45) is 1.78. The third-order valence-electron chi connectivity index (χ3n) is 9.38. The highest BCUT2D eigenvalue weighted by Crippen LogP contribution is 2.41. The van der Waals surface area contributed by atoms with Crippen molar-refractivity contribution in [3.63, 3.8) is 0 Å². The van der Waals surface area contributed by atoms with E-state index in [-0.39, 0.29) is 6.03 Å². The van der Waals surface area contributed by atoms with Gasteiger partial charge in [0.15, 0.2) is 5.65 Å². The summed E-state index contributed by atoms with van der Waals surface area (Å²) < 4.78 is 0. The van der Waals surface area contributed by atoms with E-state index in [1.165, 1.54) is 5.69 Å². The summed E-state index contributed by atoms with van der Waals surface area (Å²) in [7, 11) is 0.142. The number of aromatic nitrogens is 3. The van der Waals surface area contributed by atoms with E-state index in [9.17, 15) is 4.79 Å². The van der Waals surface area contributed by atoms with Gasteiger partial charge in [0.25, 0.3) is 0 Å². The lowest BCUT2D eigenvalue weighted by Gasteiger charge is -2.38. The Morgan fingerprint density at radius 2 is 1.55 bits per heavy atom. The number of hydrogen-bond donors (Lipinski definition) is 3. The fraction of sp³-hybridized carbons (Fsp3) is 0.405. The van der Waals surface area contributed by atoms with E-state index in [1.54, 1.807) is 6.20 Å². The molecule has 0 bridgehead atoms. The number of nitrogens with one attached hydrogen (secondary N) is 3. The number of hydrogen-bond acceptors (Lipinski definition) is 7. The van der Waals surface area contributed by atoms with Crippen LogP contribution >= 0.6 is 0 Å². The third kappa shape index (κ3) is 8.10. The number of anilines is 4. The minimum Gasteiger partial charge on any atom is -0.369 e. The Bertz CT molecular complexity index is 1700. The van der Waals surface area contributed by atoms with Crippen molar-refractivity contribution in [1.82, 2.24) is 25.2 Å². The van der Waals surface area contributed by atoms with Crippen LogP contribution in [0.1, 0.15) is 52.7 Å². The Morgan fingerprint density at radius 1 is 0.894 bits per heavy atom. The van der Waals surface area contributed by atoms with E-state index in [0.717, 1.165) is 48.4 Å². The summed E-state index contributed by atoms with van der Waals surface area (Å²) in [5.74, 6) is 4.36. The zero-order chi connectivity index (χ0) is 33.6. The second-order valence-corrected chi connectivity index (χ2v) is 19.0. The third-order valence-corrected chi connectivity index (χ3v) is 15.7. The standard InChI is InChI=1S/C37H48N8OSi/c1-26(2)47(27(3)4,28(5)6)22-17-30-23-34(42-37(46)39-24-29-11-9-8-10-12-29)41-35-33(30)25-38-36(43-35)40-31-13-15-32(16-14-31)45-20-18-44(7)19-21-45/h8-16,23,25-28H,18-21,24H2,1-7H3,(H3,38,39,40,41,42,43,46). The normalized spacial score (nSPS) is 14.0. The number of benzene rings is 2. The first-order chi connectivity index (χ1) is 22.5. The van der Waals surface area contributed by atoms with Gasteiger partial charge in [-0.2, -0.15) is 4.98 Å². The van der Waals surface area contributed by atoms with Gasteiger partial charge in [-0.25, -0.2) is 14.8 Å². The molecule has 0 aliphatic carbocycles. The molecule has 1 aliphatic heterocycles. The molecule has 9 nitrogen and oxygen atoms in total. The average Bonchev–Trinajstić information content (AvgIpc) is 3.04. The lowest BCUT2D eigenvalue weighted by molar-refractivity contribution is 0.251. The molecule has 4 aromatic rings. The van der Waals surface area contributed by atoms with Crippen LogP contribution in [0, 0.1) is 11.5 Å². The molecule has 0 unspecified atom stereocenters. The summed E-state index contributed by atoms with van der Waals surface area (Å²) in [6.45, 7) is 18.4. The first-order valence-electron chi connectivity index (χ1n) is 16.7. The molecule has 1 saturated heterocycles. The first-order valence-corrected chi connectivity index (χ1v) is 18.9. The van der Waals surface area contributed by atoms with Gasteiger partial charge in [-0.05, 0) is 59.6 Å². The van der Waals surface area contributed by atoms with E-state index < -0.39 is 8.07 Å². The van der Waals surface area contributed by atoms with Crippen molar-refractivity contribution in [2.24, 2.45) is 0 Å². The van der Waals surface area contributed by atoms with Gasteiger partial charge >= 0.3 is 6.03 Å². The maximum Gasteiger partial charge on any atom is 0.320 e. The van der Waals surface area contributed by atoms with E-state index >= 15 is 0 Å². The molecule has 0 radical (unpaired) electrons.